The van der Waals surface area contributed by atoms with Gasteiger partial charge in [-0.3, -0.25) is 0 Å². The highest BCUT2D eigenvalue weighted by Gasteiger charge is 2.43. The molecule has 4 nitrogen and oxygen atoms in total. The molecule has 0 unspecified atom stereocenters. The first-order chi connectivity index (χ1) is 10.4. The number of hydrogen-bond acceptors (Lipinski definition) is 3. The van der Waals surface area contributed by atoms with E-state index in [1.807, 2.05) is 43.8 Å². The van der Waals surface area contributed by atoms with Crippen molar-refractivity contribution in [1.82, 2.24) is 10.6 Å². The third-order valence-corrected chi connectivity index (χ3v) is 5.47. The number of aliphatic hydroxyl groups is 1. The predicted molar refractivity (Wildman–Crippen MR) is 91.1 cm³/mol. The number of carbonyl (C=O) groups excluding carboxylic acids is 1. The number of rotatable bonds is 8. The molecule has 122 valence electrons. The number of thioether (sulfide) groups is 1. The molecular weight excluding hydrogens is 296 g/mol. The largest absolute Gasteiger partial charge is 0.396 e. The number of urea groups is 1. The lowest BCUT2D eigenvalue weighted by Gasteiger charge is -2.24. The van der Waals surface area contributed by atoms with Crippen molar-refractivity contribution in [3.63, 3.8) is 0 Å². The van der Waals surface area contributed by atoms with Crippen molar-refractivity contribution in [2.24, 2.45) is 5.41 Å². The van der Waals surface area contributed by atoms with Gasteiger partial charge in [-0.05, 0) is 36.8 Å². The predicted octanol–water partition coefficient (Wildman–Crippen LogP) is 3.02. The minimum atomic E-state index is -0.119. The fourth-order valence-corrected chi connectivity index (χ4v) is 3.45. The van der Waals surface area contributed by atoms with E-state index in [9.17, 15) is 4.79 Å². The minimum Gasteiger partial charge on any atom is -0.396 e. The van der Waals surface area contributed by atoms with Crippen LogP contribution in [0.5, 0.6) is 0 Å². The Morgan fingerprint density at radius 2 is 1.95 bits per heavy atom. The maximum Gasteiger partial charge on any atom is 0.314 e. The molecule has 2 rings (SSSR count). The van der Waals surface area contributed by atoms with Gasteiger partial charge in [-0.1, -0.05) is 32.0 Å². The summed E-state index contributed by atoms with van der Waals surface area (Å²) >= 11 is 1.86. The molecule has 0 radical (unpaired) electrons. The number of nitrogens with one attached hydrogen (secondary N) is 2. The van der Waals surface area contributed by atoms with Gasteiger partial charge in [-0.15, -0.1) is 11.8 Å². The number of amides is 2. The van der Waals surface area contributed by atoms with E-state index < -0.39 is 0 Å². The number of aliphatic hydroxyl groups excluding tert-OH is 1. The van der Waals surface area contributed by atoms with Crippen LogP contribution < -0.4 is 10.6 Å². The molecule has 0 heterocycles. The Morgan fingerprint density at radius 3 is 2.55 bits per heavy atom. The van der Waals surface area contributed by atoms with Crippen LogP contribution in [0.4, 0.5) is 4.79 Å². The van der Waals surface area contributed by atoms with Crippen LogP contribution >= 0.6 is 11.8 Å². The summed E-state index contributed by atoms with van der Waals surface area (Å²) in [6.45, 7) is 5.48. The Balaban J connectivity index is 1.72. The van der Waals surface area contributed by atoms with Gasteiger partial charge in [0, 0.05) is 29.3 Å². The second kappa shape index (κ2) is 7.38. The van der Waals surface area contributed by atoms with Gasteiger partial charge in [0.1, 0.15) is 0 Å². The molecule has 0 saturated heterocycles. The Kier molecular flexibility index (Phi) is 5.75. The molecule has 0 spiro atoms. The first-order valence-electron chi connectivity index (χ1n) is 7.81. The Morgan fingerprint density at radius 1 is 1.27 bits per heavy atom. The smallest absolute Gasteiger partial charge is 0.314 e. The molecule has 2 amide bonds. The van der Waals surface area contributed by atoms with Gasteiger partial charge in [0.2, 0.25) is 0 Å². The fourth-order valence-electron chi connectivity index (χ4n) is 2.21. The molecule has 3 N–H and O–H groups in total. The van der Waals surface area contributed by atoms with Crippen LogP contribution in [-0.4, -0.2) is 35.6 Å². The highest BCUT2D eigenvalue weighted by Crippen LogP contribution is 2.51. The molecular formula is C17H26N2O2S. The number of hydrogen-bond donors (Lipinski definition) is 3. The average Bonchev–Trinajstić information content (AvgIpc) is 3.24. The van der Waals surface area contributed by atoms with Crippen molar-refractivity contribution in [2.45, 2.75) is 42.8 Å². The van der Waals surface area contributed by atoms with Crippen molar-refractivity contribution in [3.05, 3.63) is 30.3 Å². The van der Waals surface area contributed by atoms with Gasteiger partial charge < -0.3 is 15.7 Å². The summed E-state index contributed by atoms with van der Waals surface area (Å²) in [4.78, 5) is 13.2. The molecule has 0 bridgehead atoms. The van der Waals surface area contributed by atoms with E-state index in [1.165, 1.54) is 4.90 Å². The van der Waals surface area contributed by atoms with Gasteiger partial charge >= 0.3 is 6.03 Å². The van der Waals surface area contributed by atoms with Crippen LogP contribution in [0.1, 0.15) is 33.1 Å². The van der Waals surface area contributed by atoms with E-state index in [0.29, 0.717) is 19.5 Å². The maximum atomic E-state index is 11.9. The zero-order valence-corrected chi connectivity index (χ0v) is 14.2. The standard InChI is InChI=1S/C17H26N2O2S/c1-16(2,10-11-20)12-18-15(21)19-13-17(8-9-17)22-14-6-4-3-5-7-14/h3-7,20H,8-13H2,1-2H3,(H2,18,19,21). The van der Waals surface area contributed by atoms with E-state index in [-0.39, 0.29) is 22.8 Å². The summed E-state index contributed by atoms with van der Waals surface area (Å²) in [7, 11) is 0. The molecule has 5 heteroatoms. The molecule has 0 aliphatic heterocycles. The topological polar surface area (TPSA) is 61.4 Å². The molecule has 0 aromatic heterocycles. The zero-order chi connectivity index (χ0) is 16.1. The first kappa shape index (κ1) is 17.2. The highest BCUT2D eigenvalue weighted by atomic mass is 32.2. The quantitative estimate of drug-likeness (QED) is 0.689. The number of benzene rings is 1. The summed E-state index contributed by atoms with van der Waals surface area (Å²) in [5, 5.41) is 14.9. The van der Waals surface area contributed by atoms with E-state index in [0.717, 1.165) is 12.8 Å². The van der Waals surface area contributed by atoms with Crippen LogP contribution in [0.25, 0.3) is 0 Å². The molecule has 1 aromatic rings. The van der Waals surface area contributed by atoms with E-state index in [1.54, 1.807) is 0 Å². The van der Waals surface area contributed by atoms with E-state index in [2.05, 4.69) is 22.8 Å². The molecule has 1 aromatic carbocycles. The van der Waals surface area contributed by atoms with E-state index >= 15 is 0 Å². The third-order valence-electron chi connectivity index (χ3n) is 3.97. The molecule has 1 fully saturated rings. The summed E-state index contributed by atoms with van der Waals surface area (Å²) in [6, 6.07) is 10.2. The van der Waals surface area contributed by atoms with Crippen molar-refractivity contribution >= 4 is 17.8 Å². The fraction of sp³-hybridized carbons (Fsp3) is 0.588. The van der Waals surface area contributed by atoms with Crippen LogP contribution in [0.2, 0.25) is 0 Å². The molecule has 1 saturated carbocycles. The molecule has 1 aliphatic rings. The SMILES string of the molecule is CC(C)(CCO)CNC(=O)NCC1(Sc2ccccc2)CC1. The van der Waals surface area contributed by atoms with Gasteiger partial charge in [0.15, 0.2) is 0 Å². The summed E-state index contributed by atoms with van der Waals surface area (Å²) in [5.41, 5.74) is -0.0812. The lowest BCUT2D eigenvalue weighted by atomic mass is 9.90. The monoisotopic (exact) mass is 322 g/mol. The van der Waals surface area contributed by atoms with Crippen molar-refractivity contribution in [3.8, 4) is 0 Å². The highest BCUT2D eigenvalue weighted by molar-refractivity contribution is 8.01. The first-order valence-corrected chi connectivity index (χ1v) is 8.63. The van der Waals surface area contributed by atoms with Gasteiger partial charge in [0.05, 0.1) is 0 Å². The average molecular weight is 322 g/mol. The van der Waals surface area contributed by atoms with Crippen LogP contribution in [0.3, 0.4) is 0 Å². The minimum absolute atomic E-state index is 0.0812. The van der Waals surface area contributed by atoms with Gasteiger partial charge in [0.25, 0.3) is 0 Å². The summed E-state index contributed by atoms with van der Waals surface area (Å²) in [5.74, 6) is 0. The van der Waals surface area contributed by atoms with Gasteiger partial charge in [-0.25, -0.2) is 4.79 Å². The molecule has 1 aliphatic carbocycles. The third kappa shape index (κ3) is 5.54. The van der Waals surface area contributed by atoms with Crippen molar-refractivity contribution < 1.29 is 9.90 Å². The lowest BCUT2D eigenvalue weighted by Crippen LogP contribution is -2.43. The van der Waals surface area contributed by atoms with Crippen LogP contribution in [-0.2, 0) is 0 Å². The molecule has 22 heavy (non-hydrogen) atoms. The molecule has 0 atom stereocenters. The Bertz CT molecular complexity index is 487. The van der Waals surface area contributed by atoms with Gasteiger partial charge in [-0.2, -0.15) is 0 Å². The van der Waals surface area contributed by atoms with E-state index in [4.69, 9.17) is 5.11 Å². The Labute approximate surface area is 137 Å². The summed E-state index contributed by atoms with van der Waals surface area (Å²) in [6.07, 6.45) is 2.97. The maximum absolute atomic E-state index is 11.9. The normalized spacial score (nSPS) is 16.1. The van der Waals surface area contributed by atoms with Crippen LogP contribution in [0.15, 0.2) is 35.2 Å². The van der Waals surface area contributed by atoms with Crippen LogP contribution in [0, 0.1) is 5.41 Å². The number of carbonyl (C=O) groups is 1. The van der Waals surface area contributed by atoms with Crippen molar-refractivity contribution in [1.29, 1.82) is 0 Å². The van der Waals surface area contributed by atoms with Crippen molar-refractivity contribution in [2.75, 3.05) is 19.7 Å². The summed E-state index contributed by atoms with van der Waals surface area (Å²) < 4.78 is 0.166. The Hall–Kier alpha value is -1.20. The lowest BCUT2D eigenvalue weighted by molar-refractivity contribution is 0.201. The second-order valence-corrected chi connectivity index (χ2v) is 8.31. The second-order valence-electron chi connectivity index (χ2n) is 6.77. The zero-order valence-electron chi connectivity index (χ0n) is 13.4.